The Bertz CT molecular complexity index is 1560. The second kappa shape index (κ2) is 10.8. The lowest BCUT2D eigenvalue weighted by molar-refractivity contribution is -0.00946. The molecule has 2 aliphatic heterocycles. The van der Waals surface area contributed by atoms with E-state index in [1.54, 1.807) is 0 Å². The van der Waals surface area contributed by atoms with Crippen LogP contribution in [0.4, 0.5) is 5.69 Å². The van der Waals surface area contributed by atoms with Crippen LogP contribution in [0.5, 0.6) is 5.75 Å². The van der Waals surface area contributed by atoms with Crippen LogP contribution in [0.15, 0.2) is 144 Å². The summed E-state index contributed by atoms with van der Waals surface area (Å²) in [6.45, 7) is 3.98. The monoisotopic (exact) mass is 537 g/mol. The number of rotatable bonds is 7. The molecule has 1 spiro atoms. The molecule has 41 heavy (non-hydrogen) atoms. The normalized spacial score (nSPS) is 23.3. The van der Waals surface area contributed by atoms with Gasteiger partial charge < -0.3 is 14.4 Å². The van der Waals surface area contributed by atoms with Crippen molar-refractivity contribution in [2.45, 2.75) is 31.5 Å². The SMILES string of the molecule is CC1OC2=CC=C3C=CC=CC3C2=CC12C=Cc1ccc(N(CCc3ccccc3)CCc3ccccc3)cc1O2. The van der Waals surface area contributed by atoms with Gasteiger partial charge in [-0.3, -0.25) is 0 Å². The molecule has 3 unspecified atom stereocenters. The Morgan fingerprint density at radius 2 is 1.54 bits per heavy atom. The first-order valence-electron chi connectivity index (χ1n) is 14.7. The van der Waals surface area contributed by atoms with Gasteiger partial charge in [-0.1, -0.05) is 97.1 Å². The standard InChI is InChI=1S/C38H35NO2/c1-28-38(27-35-34-15-9-8-14-31(34)17-19-36(35)40-28)23-20-32-16-18-33(26-37(32)41-38)39(24-21-29-10-4-2-5-11-29)25-22-30-12-6-3-7-13-30/h2-20,23,26-28,34H,21-22,24-25H2,1H3. The van der Waals surface area contributed by atoms with Crippen molar-refractivity contribution < 1.29 is 9.47 Å². The molecule has 3 aromatic rings. The Morgan fingerprint density at radius 1 is 0.805 bits per heavy atom. The molecule has 3 heteroatoms. The van der Waals surface area contributed by atoms with Gasteiger partial charge in [0.15, 0.2) is 5.60 Å². The molecule has 0 radical (unpaired) electrons. The fraction of sp³-hybridized carbons (Fsp3) is 0.211. The summed E-state index contributed by atoms with van der Waals surface area (Å²) in [6.07, 6.45) is 21.4. The van der Waals surface area contributed by atoms with Crippen LogP contribution in [-0.2, 0) is 17.6 Å². The minimum atomic E-state index is -0.658. The Hall–Kier alpha value is -4.50. The average Bonchev–Trinajstić information content (AvgIpc) is 3.02. The zero-order valence-corrected chi connectivity index (χ0v) is 23.4. The summed E-state index contributed by atoms with van der Waals surface area (Å²) < 4.78 is 13.4. The quantitative estimate of drug-likeness (QED) is 0.305. The van der Waals surface area contributed by atoms with Crippen molar-refractivity contribution in [2.24, 2.45) is 5.92 Å². The van der Waals surface area contributed by atoms with Crippen LogP contribution in [0, 0.1) is 5.92 Å². The summed E-state index contributed by atoms with van der Waals surface area (Å²) in [6, 6.07) is 28.1. The Labute approximate surface area is 243 Å². The van der Waals surface area contributed by atoms with E-state index in [0.29, 0.717) is 0 Å². The molecular weight excluding hydrogens is 502 g/mol. The van der Waals surface area contributed by atoms with Crippen LogP contribution in [0.3, 0.4) is 0 Å². The maximum Gasteiger partial charge on any atom is 0.183 e. The second-order valence-electron chi connectivity index (χ2n) is 11.2. The van der Waals surface area contributed by atoms with Gasteiger partial charge in [0.05, 0.1) is 0 Å². The van der Waals surface area contributed by atoms with Crippen LogP contribution < -0.4 is 9.64 Å². The first-order valence-corrected chi connectivity index (χ1v) is 14.7. The van der Waals surface area contributed by atoms with E-state index in [1.165, 1.54) is 28.0 Å². The van der Waals surface area contributed by atoms with E-state index in [9.17, 15) is 0 Å². The summed E-state index contributed by atoms with van der Waals surface area (Å²) in [7, 11) is 0. The number of anilines is 1. The largest absolute Gasteiger partial charge is 0.486 e. The van der Waals surface area contributed by atoms with Gasteiger partial charge in [0.1, 0.15) is 17.6 Å². The Morgan fingerprint density at radius 3 is 2.27 bits per heavy atom. The van der Waals surface area contributed by atoms with E-state index in [2.05, 4.69) is 145 Å². The minimum Gasteiger partial charge on any atom is -0.486 e. The molecular formula is C38H35NO2. The molecule has 7 rings (SSSR count). The molecule has 0 fully saturated rings. The number of fused-ring (bicyclic) bond motifs is 4. The number of allylic oxidation sites excluding steroid dienone is 8. The number of ether oxygens (including phenoxy) is 2. The van der Waals surface area contributed by atoms with Crippen molar-refractivity contribution in [3.8, 4) is 5.75 Å². The predicted octanol–water partition coefficient (Wildman–Crippen LogP) is 8.03. The highest BCUT2D eigenvalue weighted by Gasteiger charge is 2.44. The van der Waals surface area contributed by atoms with E-state index in [4.69, 9.17) is 9.47 Å². The van der Waals surface area contributed by atoms with Gasteiger partial charge in [-0.05, 0) is 66.8 Å². The van der Waals surface area contributed by atoms with E-state index in [0.717, 1.165) is 43.0 Å². The summed E-state index contributed by atoms with van der Waals surface area (Å²) in [4.78, 5) is 2.49. The van der Waals surface area contributed by atoms with Crippen molar-refractivity contribution >= 4 is 11.8 Å². The molecule has 204 valence electrons. The van der Waals surface area contributed by atoms with E-state index in [-0.39, 0.29) is 12.0 Å². The molecule has 0 saturated heterocycles. The van der Waals surface area contributed by atoms with Gasteiger partial charge in [0.25, 0.3) is 0 Å². The van der Waals surface area contributed by atoms with Crippen molar-refractivity contribution in [2.75, 3.05) is 18.0 Å². The number of hydrogen-bond donors (Lipinski definition) is 0. The van der Waals surface area contributed by atoms with Gasteiger partial charge in [-0.25, -0.2) is 0 Å². The first-order chi connectivity index (χ1) is 20.2. The van der Waals surface area contributed by atoms with E-state index >= 15 is 0 Å². The molecule has 3 nitrogen and oxygen atoms in total. The van der Waals surface area contributed by atoms with Gasteiger partial charge >= 0.3 is 0 Å². The lowest BCUT2D eigenvalue weighted by Crippen LogP contribution is -2.48. The van der Waals surface area contributed by atoms with Gasteiger partial charge in [0, 0.05) is 41.9 Å². The molecule has 0 aromatic heterocycles. The van der Waals surface area contributed by atoms with Crippen LogP contribution in [0.1, 0.15) is 23.6 Å². The van der Waals surface area contributed by atoms with Crippen LogP contribution in [0.2, 0.25) is 0 Å². The fourth-order valence-corrected chi connectivity index (χ4v) is 6.21. The van der Waals surface area contributed by atoms with Crippen molar-refractivity contribution in [3.05, 3.63) is 161 Å². The molecule has 2 aliphatic carbocycles. The second-order valence-corrected chi connectivity index (χ2v) is 11.2. The summed E-state index contributed by atoms with van der Waals surface area (Å²) in [5.74, 6) is 2.04. The third kappa shape index (κ3) is 5.09. The van der Waals surface area contributed by atoms with Crippen molar-refractivity contribution in [1.29, 1.82) is 0 Å². The highest BCUT2D eigenvalue weighted by Crippen LogP contribution is 2.45. The highest BCUT2D eigenvalue weighted by molar-refractivity contribution is 5.68. The van der Waals surface area contributed by atoms with Gasteiger partial charge in [0.2, 0.25) is 0 Å². The summed E-state index contributed by atoms with van der Waals surface area (Å²) >= 11 is 0. The lowest BCUT2D eigenvalue weighted by Gasteiger charge is -2.43. The molecule has 0 N–H and O–H groups in total. The zero-order chi connectivity index (χ0) is 27.6. The minimum absolute atomic E-state index is 0.157. The number of hydrogen-bond acceptors (Lipinski definition) is 3. The summed E-state index contributed by atoms with van der Waals surface area (Å²) in [5.41, 5.74) is 6.79. The van der Waals surface area contributed by atoms with Gasteiger partial charge in [-0.2, -0.15) is 0 Å². The van der Waals surface area contributed by atoms with Crippen molar-refractivity contribution in [1.82, 2.24) is 0 Å². The fourth-order valence-electron chi connectivity index (χ4n) is 6.21. The highest BCUT2D eigenvalue weighted by atomic mass is 16.6. The average molecular weight is 538 g/mol. The van der Waals surface area contributed by atoms with Gasteiger partial charge in [-0.15, -0.1) is 0 Å². The maximum absolute atomic E-state index is 6.91. The van der Waals surface area contributed by atoms with E-state index < -0.39 is 5.60 Å². The molecule has 3 atom stereocenters. The van der Waals surface area contributed by atoms with Crippen LogP contribution in [-0.4, -0.2) is 24.8 Å². The maximum atomic E-state index is 6.91. The molecule has 2 heterocycles. The Balaban J connectivity index is 1.18. The Kier molecular flexibility index (Phi) is 6.72. The zero-order valence-electron chi connectivity index (χ0n) is 23.4. The third-order valence-electron chi connectivity index (χ3n) is 8.63. The lowest BCUT2D eigenvalue weighted by atomic mass is 9.78. The molecule has 0 amide bonds. The topological polar surface area (TPSA) is 21.7 Å². The number of nitrogens with zero attached hydrogens (tertiary/aromatic N) is 1. The molecule has 3 aromatic carbocycles. The number of benzene rings is 3. The molecule has 4 aliphatic rings. The van der Waals surface area contributed by atoms with Crippen LogP contribution >= 0.6 is 0 Å². The smallest absolute Gasteiger partial charge is 0.183 e. The summed E-state index contributed by atoms with van der Waals surface area (Å²) in [5, 5.41) is 0. The predicted molar refractivity (Wildman–Crippen MR) is 168 cm³/mol. The first kappa shape index (κ1) is 25.5. The van der Waals surface area contributed by atoms with Crippen LogP contribution in [0.25, 0.3) is 6.08 Å². The molecule has 0 saturated carbocycles. The third-order valence-corrected chi connectivity index (χ3v) is 8.63. The molecule has 0 bridgehead atoms. The van der Waals surface area contributed by atoms with Crippen molar-refractivity contribution in [3.63, 3.8) is 0 Å². The van der Waals surface area contributed by atoms with E-state index in [1.807, 2.05) is 0 Å².